The summed E-state index contributed by atoms with van der Waals surface area (Å²) >= 11 is 0. The Hall–Kier alpha value is -3.96. The van der Waals surface area contributed by atoms with E-state index < -0.39 is 0 Å². The second-order valence-corrected chi connectivity index (χ2v) is 6.85. The van der Waals surface area contributed by atoms with E-state index in [4.69, 9.17) is 4.98 Å². The van der Waals surface area contributed by atoms with E-state index in [0.717, 1.165) is 43.9 Å². The zero-order chi connectivity index (χ0) is 19.6. The normalized spacial score (nSPS) is 10.7. The molecule has 0 aliphatic rings. The van der Waals surface area contributed by atoms with Gasteiger partial charge in [-0.1, -0.05) is 66.4 Å². The first-order chi connectivity index (χ1) is 14.3. The quantitative estimate of drug-likeness (QED) is 0.302. The van der Waals surface area contributed by atoms with Gasteiger partial charge in [0.25, 0.3) is 0 Å². The number of hydrogen-bond donors (Lipinski definition) is 0. The van der Waals surface area contributed by atoms with Gasteiger partial charge in [-0.2, -0.15) is 0 Å². The number of benzene rings is 4. The third kappa shape index (κ3) is 3.24. The van der Waals surface area contributed by atoms with Crippen LogP contribution in [0.5, 0.6) is 0 Å². The molecule has 4 aromatic carbocycles. The van der Waals surface area contributed by atoms with E-state index in [-0.39, 0.29) is 5.82 Å². The van der Waals surface area contributed by atoms with Crippen LogP contribution in [0.4, 0.5) is 4.39 Å². The topological polar surface area (TPSA) is 12.9 Å². The van der Waals surface area contributed by atoms with Crippen LogP contribution in [0.2, 0.25) is 0 Å². The number of fused-ring (bicyclic) bond motifs is 2. The van der Waals surface area contributed by atoms with Crippen LogP contribution in [0.25, 0.3) is 32.8 Å². The summed E-state index contributed by atoms with van der Waals surface area (Å²) in [6.07, 6.45) is 1.84. The standard InChI is InChI=1S/C27H16FN/c28-23-15-10-19(11-16-23)9-12-22-14-13-20-5-1-3-7-24(20)26(22)27-25-8-4-2-6-21(25)17-18-29-27/h1-8,10-11,13-18H. The molecule has 1 nitrogen and oxygen atoms in total. The van der Waals surface area contributed by atoms with Crippen LogP contribution in [0.3, 0.4) is 0 Å². The number of nitrogens with zero attached hydrogens (tertiary/aromatic N) is 1. The summed E-state index contributed by atoms with van der Waals surface area (Å²) in [6, 6.07) is 28.9. The highest BCUT2D eigenvalue weighted by Gasteiger charge is 2.13. The van der Waals surface area contributed by atoms with Crippen LogP contribution in [-0.2, 0) is 0 Å². The molecular weight excluding hydrogens is 357 g/mol. The van der Waals surface area contributed by atoms with Crippen LogP contribution in [0.1, 0.15) is 11.1 Å². The fourth-order valence-corrected chi connectivity index (χ4v) is 3.62. The lowest BCUT2D eigenvalue weighted by Crippen LogP contribution is -1.92. The van der Waals surface area contributed by atoms with Crippen molar-refractivity contribution in [2.45, 2.75) is 0 Å². The van der Waals surface area contributed by atoms with Crippen molar-refractivity contribution in [3.8, 4) is 23.1 Å². The van der Waals surface area contributed by atoms with Crippen LogP contribution in [0, 0.1) is 17.7 Å². The molecule has 5 rings (SSSR count). The lowest BCUT2D eigenvalue weighted by atomic mass is 9.93. The third-order valence-electron chi connectivity index (χ3n) is 5.03. The zero-order valence-corrected chi connectivity index (χ0v) is 15.6. The van der Waals surface area contributed by atoms with Gasteiger partial charge in [0.05, 0.1) is 5.69 Å². The highest BCUT2D eigenvalue weighted by Crippen LogP contribution is 2.34. The van der Waals surface area contributed by atoms with Gasteiger partial charge in [0.2, 0.25) is 0 Å². The maximum atomic E-state index is 13.2. The first kappa shape index (κ1) is 17.2. The molecule has 0 unspecified atom stereocenters. The molecule has 0 fully saturated rings. The van der Waals surface area contributed by atoms with Gasteiger partial charge in [-0.05, 0) is 52.6 Å². The summed E-state index contributed by atoms with van der Waals surface area (Å²) in [5.74, 6) is 6.20. The number of halogens is 1. The molecule has 0 saturated carbocycles. The lowest BCUT2D eigenvalue weighted by Gasteiger charge is -2.12. The molecule has 5 aromatic rings. The number of pyridine rings is 1. The molecule has 0 radical (unpaired) electrons. The molecule has 0 N–H and O–H groups in total. The van der Waals surface area contributed by atoms with E-state index >= 15 is 0 Å². The molecule has 136 valence electrons. The van der Waals surface area contributed by atoms with Crippen molar-refractivity contribution in [1.29, 1.82) is 0 Å². The summed E-state index contributed by atoms with van der Waals surface area (Å²) in [6.45, 7) is 0. The monoisotopic (exact) mass is 373 g/mol. The average Bonchev–Trinajstić information content (AvgIpc) is 2.78. The molecule has 1 aromatic heterocycles. The molecule has 1 heterocycles. The maximum absolute atomic E-state index is 13.2. The molecule has 2 heteroatoms. The van der Waals surface area contributed by atoms with E-state index in [0.29, 0.717) is 0 Å². The molecule has 0 atom stereocenters. The van der Waals surface area contributed by atoms with Crippen molar-refractivity contribution in [3.05, 3.63) is 114 Å². The summed E-state index contributed by atoms with van der Waals surface area (Å²) in [7, 11) is 0. The Labute approximate surface area is 168 Å². The number of hydrogen-bond acceptors (Lipinski definition) is 1. The maximum Gasteiger partial charge on any atom is 0.123 e. The molecule has 0 spiro atoms. The van der Waals surface area contributed by atoms with Crippen molar-refractivity contribution < 1.29 is 4.39 Å². The average molecular weight is 373 g/mol. The minimum absolute atomic E-state index is 0.262. The van der Waals surface area contributed by atoms with Gasteiger partial charge in [-0.15, -0.1) is 0 Å². The number of aromatic nitrogens is 1. The van der Waals surface area contributed by atoms with E-state index in [9.17, 15) is 4.39 Å². The SMILES string of the molecule is Fc1ccc(C#Cc2ccc3ccccc3c2-c2nccc3ccccc23)cc1. The predicted molar refractivity (Wildman–Crippen MR) is 117 cm³/mol. The lowest BCUT2D eigenvalue weighted by molar-refractivity contribution is 0.627. The van der Waals surface area contributed by atoms with Gasteiger partial charge >= 0.3 is 0 Å². The van der Waals surface area contributed by atoms with Crippen LogP contribution >= 0.6 is 0 Å². The molecule has 0 saturated heterocycles. The van der Waals surface area contributed by atoms with Crippen molar-refractivity contribution in [3.63, 3.8) is 0 Å². The largest absolute Gasteiger partial charge is 0.256 e. The molecule has 0 bridgehead atoms. The molecule has 0 aliphatic heterocycles. The Balaban J connectivity index is 1.79. The van der Waals surface area contributed by atoms with Crippen molar-refractivity contribution in [1.82, 2.24) is 4.98 Å². The summed E-state index contributed by atoms with van der Waals surface area (Å²) in [5.41, 5.74) is 3.62. The van der Waals surface area contributed by atoms with Crippen molar-refractivity contribution >= 4 is 21.5 Å². The number of rotatable bonds is 1. The molecule has 0 amide bonds. The van der Waals surface area contributed by atoms with E-state index in [1.165, 1.54) is 12.1 Å². The minimum Gasteiger partial charge on any atom is -0.256 e. The second-order valence-electron chi connectivity index (χ2n) is 6.85. The van der Waals surface area contributed by atoms with Gasteiger partial charge in [-0.3, -0.25) is 4.98 Å². The van der Waals surface area contributed by atoms with E-state index in [1.807, 2.05) is 42.6 Å². The Bertz CT molecular complexity index is 1400. The first-order valence-corrected chi connectivity index (χ1v) is 9.43. The second kappa shape index (κ2) is 7.22. The Morgan fingerprint density at radius 3 is 2.10 bits per heavy atom. The zero-order valence-electron chi connectivity index (χ0n) is 15.6. The van der Waals surface area contributed by atoms with Crippen LogP contribution < -0.4 is 0 Å². The highest BCUT2D eigenvalue weighted by atomic mass is 19.1. The minimum atomic E-state index is -0.262. The van der Waals surface area contributed by atoms with Gasteiger partial charge in [-0.25, -0.2) is 4.39 Å². The first-order valence-electron chi connectivity index (χ1n) is 9.43. The Kier molecular flexibility index (Phi) is 4.27. The van der Waals surface area contributed by atoms with E-state index in [1.54, 1.807) is 12.1 Å². The van der Waals surface area contributed by atoms with Gasteiger partial charge in [0.15, 0.2) is 0 Å². The summed E-state index contributed by atoms with van der Waals surface area (Å²) in [4.78, 5) is 4.74. The van der Waals surface area contributed by atoms with Crippen LogP contribution in [0.15, 0.2) is 97.2 Å². The third-order valence-corrected chi connectivity index (χ3v) is 5.03. The fraction of sp³-hybridized carbons (Fsp3) is 0. The summed E-state index contributed by atoms with van der Waals surface area (Å²) < 4.78 is 13.2. The van der Waals surface area contributed by atoms with Crippen molar-refractivity contribution in [2.24, 2.45) is 0 Å². The van der Waals surface area contributed by atoms with Gasteiger partial charge < -0.3 is 0 Å². The van der Waals surface area contributed by atoms with Crippen molar-refractivity contribution in [2.75, 3.05) is 0 Å². The highest BCUT2D eigenvalue weighted by molar-refractivity contribution is 6.05. The molecule has 29 heavy (non-hydrogen) atoms. The predicted octanol–water partition coefficient (Wildman–Crippen LogP) is 6.59. The van der Waals surface area contributed by atoms with Gasteiger partial charge in [0.1, 0.15) is 5.82 Å². The smallest absolute Gasteiger partial charge is 0.123 e. The fourth-order valence-electron chi connectivity index (χ4n) is 3.62. The Morgan fingerprint density at radius 1 is 0.621 bits per heavy atom. The molecular formula is C27H16FN. The van der Waals surface area contributed by atoms with Crippen LogP contribution in [-0.4, -0.2) is 4.98 Å². The summed E-state index contributed by atoms with van der Waals surface area (Å²) in [5, 5.41) is 4.49. The Morgan fingerprint density at radius 2 is 1.31 bits per heavy atom. The van der Waals surface area contributed by atoms with E-state index in [2.05, 4.69) is 42.2 Å². The molecule has 0 aliphatic carbocycles. The van der Waals surface area contributed by atoms with Gasteiger partial charge in [0, 0.05) is 28.3 Å².